The van der Waals surface area contributed by atoms with Gasteiger partial charge in [-0.1, -0.05) is 13.0 Å². The predicted molar refractivity (Wildman–Crippen MR) is 145 cm³/mol. The van der Waals surface area contributed by atoms with Gasteiger partial charge in [0.25, 0.3) is 0 Å². The van der Waals surface area contributed by atoms with E-state index in [1.54, 1.807) is 18.6 Å². The van der Waals surface area contributed by atoms with Crippen molar-refractivity contribution >= 4 is 33.4 Å². The Hall–Kier alpha value is -5.05. The molecule has 0 spiro atoms. The topological polar surface area (TPSA) is 120 Å². The number of rotatable bonds is 6. The van der Waals surface area contributed by atoms with Crippen LogP contribution in [0.1, 0.15) is 19.8 Å². The highest BCUT2D eigenvalue weighted by Crippen LogP contribution is 2.35. The molecule has 6 rings (SSSR count). The fourth-order valence-electron chi connectivity index (χ4n) is 4.64. The Balaban J connectivity index is 1.41. The van der Waals surface area contributed by atoms with E-state index in [0.29, 0.717) is 29.1 Å². The van der Waals surface area contributed by atoms with Crippen LogP contribution < -0.4 is 5.32 Å². The molecule has 0 radical (unpaired) electrons. The lowest BCUT2D eigenvalue weighted by molar-refractivity contribution is -0.116. The highest BCUT2D eigenvalue weighted by Gasteiger charge is 2.16. The third-order valence-electron chi connectivity index (χ3n) is 6.35. The van der Waals surface area contributed by atoms with Crippen LogP contribution in [0.2, 0.25) is 0 Å². The molecule has 0 saturated heterocycles. The van der Waals surface area contributed by atoms with Crippen LogP contribution in [0.15, 0.2) is 73.2 Å². The quantitative estimate of drug-likeness (QED) is 0.208. The molecule has 188 valence electrons. The molecule has 4 heterocycles. The van der Waals surface area contributed by atoms with Crippen LogP contribution in [-0.4, -0.2) is 36.2 Å². The standard InChI is InChI=1S/C29H23FN6O2/c1-2-3-27(38)33-20-9-18(14-31-15-20)16-4-5-25-22(11-16)29(36-35-25)26-13-23-24(34-26)6-7-32-28(23)17-8-19(30)12-21(37)10-17/h4-15,34,37H,2-3H2,1H3,(H,33,38)(H,35,36). The van der Waals surface area contributed by atoms with Gasteiger partial charge in [-0.25, -0.2) is 4.39 Å². The highest BCUT2D eigenvalue weighted by atomic mass is 19.1. The number of fused-ring (bicyclic) bond motifs is 2. The molecule has 6 aromatic rings. The van der Waals surface area contributed by atoms with Gasteiger partial charge in [0, 0.05) is 52.3 Å². The van der Waals surface area contributed by atoms with E-state index in [1.165, 1.54) is 12.1 Å². The zero-order valence-electron chi connectivity index (χ0n) is 20.4. The van der Waals surface area contributed by atoms with Crippen molar-refractivity contribution in [3.8, 4) is 39.5 Å². The number of H-pyrrole nitrogens is 2. The molecule has 4 N–H and O–H groups in total. The number of carbonyl (C=O) groups is 1. The molecule has 0 atom stereocenters. The summed E-state index contributed by atoms with van der Waals surface area (Å²) >= 11 is 0. The highest BCUT2D eigenvalue weighted by molar-refractivity contribution is 6.01. The number of phenolic OH excluding ortho intramolecular Hbond substituents is 1. The average molecular weight is 507 g/mol. The third-order valence-corrected chi connectivity index (χ3v) is 6.35. The van der Waals surface area contributed by atoms with Gasteiger partial charge in [0.15, 0.2) is 0 Å². The van der Waals surface area contributed by atoms with E-state index in [9.17, 15) is 14.3 Å². The van der Waals surface area contributed by atoms with E-state index in [2.05, 4.69) is 30.5 Å². The number of nitrogens with one attached hydrogen (secondary N) is 3. The lowest BCUT2D eigenvalue weighted by Gasteiger charge is -2.07. The summed E-state index contributed by atoms with van der Waals surface area (Å²) in [6.07, 6.45) is 6.25. The number of aromatic hydroxyl groups is 1. The maximum absolute atomic E-state index is 14.0. The molecule has 0 saturated carbocycles. The summed E-state index contributed by atoms with van der Waals surface area (Å²) in [7, 11) is 0. The average Bonchev–Trinajstić information content (AvgIpc) is 3.52. The maximum atomic E-state index is 14.0. The molecule has 2 aromatic carbocycles. The molecule has 38 heavy (non-hydrogen) atoms. The lowest BCUT2D eigenvalue weighted by Crippen LogP contribution is -2.10. The number of anilines is 1. The van der Waals surface area contributed by atoms with Crippen LogP contribution in [0.3, 0.4) is 0 Å². The van der Waals surface area contributed by atoms with Gasteiger partial charge in [-0.2, -0.15) is 5.10 Å². The van der Waals surface area contributed by atoms with Crippen LogP contribution in [0.4, 0.5) is 10.1 Å². The first kappa shape index (κ1) is 23.4. The Morgan fingerprint density at radius 2 is 1.82 bits per heavy atom. The number of aromatic nitrogens is 5. The van der Waals surface area contributed by atoms with E-state index in [1.807, 2.05) is 43.3 Å². The Morgan fingerprint density at radius 3 is 2.66 bits per heavy atom. The van der Waals surface area contributed by atoms with E-state index >= 15 is 0 Å². The van der Waals surface area contributed by atoms with Crippen LogP contribution in [0.25, 0.3) is 55.6 Å². The second-order valence-corrected chi connectivity index (χ2v) is 9.09. The van der Waals surface area contributed by atoms with Crippen molar-refractivity contribution in [1.82, 2.24) is 25.1 Å². The van der Waals surface area contributed by atoms with Gasteiger partial charge in [0.1, 0.15) is 17.3 Å². The molecule has 0 bridgehead atoms. The second kappa shape index (κ2) is 9.44. The third kappa shape index (κ3) is 4.34. The van der Waals surface area contributed by atoms with Gasteiger partial charge < -0.3 is 15.4 Å². The van der Waals surface area contributed by atoms with Crippen molar-refractivity contribution in [2.24, 2.45) is 0 Å². The second-order valence-electron chi connectivity index (χ2n) is 9.09. The number of hydrogen-bond acceptors (Lipinski definition) is 5. The van der Waals surface area contributed by atoms with Gasteiger partial charge in [-0.3, -0.25) is 19.9 Å². The van der Waals surface area contributed by atoms with Gasteiger partial charge in [-0.15, -0.1) is 0 Å². The zero-order chi connectivity index (χ0) is 26.2. The molecule has 8 nitrogen and oxygen atoms in total. The van der Waals surface area contributed by atoms with Gasteiger partial charge >= 0.3 is 0 Å². The van der Waals surface area contributed by atoms with Gasteiger partial charge in [0.05, 0.1) is 28.8 Å². The van der Waals surface area contributed by atoms with E-state index < -0.39 is 5.82 Å². The van der Waals surface area contributed by atoms with Crippen LogP contribution >= 0.6 is 0 Å². The summed E-state index contributed by atoms with van der Waals surface area (Å²) in [5.41, 5.74) is 6.60. The smallest absolute Gasteiger partial charge is 0.224 e. The minimum atomic E-state index is -0.538. The first-order valence-corrected chi connectivity index (χ1v) is 12.2. The van der Waals surface area contributed by atoms with Crippen molar-refractivity contribution < 1.29 is 14.3 Å². The first-order chi connectivity index (χ1) is 18.5. The number of carbonyl (C=O) groups excluding carboxylic acids is 1. The molecule has 0 aliphatic carbocycles. The molecule has 1 amide bonds. The minimum Gasteiger partial charge on any atom is -0.508 e. The monoisotopic (exact) mass is 506 g/mol. The Morgan fingerprint density at radius 1 is 0.947 bits per heavy atom. The SMILES string of the molecule is CCCC(=O)Nc1cncc(-c2ccc3[nH]nc(-c4cc5c(-c6cc(O)cc(F)c6)nccc5[nH]4)c3c2)c1. The number of benzene rings is 2. The predicted octanol–water partition coefficient (Wildman–Crippen LogP) is 6.42. The lowest BCUT2D eigenvalue weighted by atomic mass is 10.0. The Bertz CT molecular complexity index is 1800. The number of hydrogen-bond donors (Lipinski definition) is 4. The molecular formula is C29H23FN6O2. The molecule has 9 heteroatoms. The zero-order valence-corrected chi connectivity index (χ0v) is 20.4. The summed E-state index contributed by atoms with van der Waals surface area (Å²) in [4.78, 5) is 24.2. The molecule has 0 fully saturated rings. The molecule has 0 unspecified atom stereocenters. The number of aromatic amines is 2. The van der Waals surface area contributed by atoms with Crippen LogP contribution in [0.5, 0.6) is 5.75 Å². The molecule has 0 aliphatic heterocycles. The van der Waals surface area contributed by atoms with Crippen molar-refractivity contribution in [2.75, 3.05) is 5.32 Å². The largest absolute Gasteiger partial charge is 0.508 e. The van der Waals surface area contributed by atoms with Crippen LogP contribution in [0, 0.1) is 5.82 Å². The normalized spacial score (nSPS) is 11.3. The van der Waals surface area contributed by atoms with Crippen molar-refractivity contribution in [3.05, 3.63) is 79.0 Å². The molecular weight excluding hydrogens is 483 g/mol. The summed E-state index contributed by atoms with van der Waals surface area (Å²) in [5, 5.41) is 22.1. The number of halogens is 1. The van der Waals surface area contributed by atoms with Gasteiger partial charge in [0.2, 0.25) is 5.91 Å². The summed E-state index contributed by atoms with van der Waals surface area (Å²) in [5.74, 6) is -0.743. The number of pyridine rings is 2. The van der Waals surface area contributed by atoms with Crippen LogP contribution in [-0.2, 0) is 4.79 Å². The number of phenols is 1. The van der Waals surface area contributed by atoms with Crippen molar-refractivity contribution in [2.45, 2.75) is 19.8 Å². The maximum Gasteiger partial charge on any atom is 0.224 e. The van der Waals surface area contributed by atoms with E-state index in [0.717, 1.165) is 51.1 Å². The first-order valence-electron chi connectivity index (χ1n) is 12.2. The Labute approximate surface area is 216 Å². The fraction of sp³-hybridized carbons (Fsp3) is 0.103. The van der Waals surface area contributed by atoms with Crippen molar-refractivity contribution in [3.63, 3.8) is 0 Å². The number of amides is 1. The summed E-state index contributed by atoms with van der Waals surface area (Å²) < 4.78 is 14.0. The number of nitrogens with zero attached hydrogens (tertiary/aromatic N) is 3. The summed E-state index contributed by atoms with van der Waals surface area (Å²) in [6.45, 7) is 1.96. The molecule has 0 aliphatic rings. The Kier molecular flexibility index (Phi) is 5.80. The molecule has 4 aromatic heterocycles. The fourth-order valence-corrected chi connectivity index (χ4v) is 4.64. The van der Waals surface area contributed by atoms with E-state index in [4.69, 9.17) is 0 Å². The van der Waals surface area contributed by atoms with Crippen molar-refractivity contribution in [1.29, 1.82) is 0 Å². The van der Waals surface area contributed by atoms with E-state index in [-0.39, 0.29) is 11.7 Å². The minimum absolute atomic E-state index is 0.0415. The van der Waals surface area contributed by atoms with Gasteiger partial charge in [-0.05, 0) is 54.4 Å². The summed E-state index contributed by atoms with van der Waals surface area (Å²) in [6, 6.07) is 15.5.